The zero-order valence-electron chi connectivity index (χ0n) is 18.0. The maximum Gasteiger partial charge on any atom is 0.134 e. The highest BCUT2D eigenvalue weighted by molar-refractivity contribution is 6.32. The Balaban J connectivity index is 0.00000289. The average molecular weight is 469 g/mol. The summed E-state index contributed by atoms with van der Waals surface area (Å²) in [6.07, 6.45) is 3.51. The zero-order valence-corrected chi connectivity index (χ0v) is 19.5. The highest BCUT2D eigenvalue weighted by Crippen LogP contribution is 2.36. The number of hydrogen-bond acceptors (Lipinski definition) is 4. The summed E-state index contributed by atoms with van der Waals surface area (Å²) in [5.74, 6) is 0.900. The summed E-state index contributed by atoms with van der Waals surface area (Å²) in [5, 5.41) is 14.0. The summed E-state index contributed by atoms with van der Waals surface area (Å²) in [4.78, 5) is 12.6. The van der Waals surface area contributed by atoms with Gasteiger partial charge < -0.3 is 15.4 Å². The number of H-pyrrole nitrogens is 1. The van der Waals surface area contributed by atoms with Gasteiger partial charge in [-0.05, 0) is 29.8 Å². The third-order valence-corrected chi connectivity index (χ3v) is 5.59. The lowest BCUT2D eigenvalue weighted by molar-refractivity contribution is 0.448. The highest BCUT2D eigenvalue weighted by atomic mass is 35.5. The fourth-order valence-corrected chi connectivity index (χ4v) is 3.61. The van der Waals surface area contributed by atoms with Crippen LogP contribution in [0.2, 0.25) is 5.02 Å². The van der Waals surface area contributed by atoms with Gasteiger partial charge in [-0.25, -0.2) is 4.98 Å². The Labute approximate surface area is 199 Å². The second kappa shape index (κ2) is 10.2. The van der Waals surface area contributed by atoms with Gasteiger partial charge in [-0.2, -0.15) is 0 Å². The van der Waals surface area contributed by atoms with E-state index in [2.05, 4.69) is 41.3 Å². The molecule has 0 amide bonds. The van der Waals surface area contributed by atoms with E-state index in [0.29, 0.717) is 5.02 Å². The first-order chi connectivity index (χ1) is 14.9. The lowest BCUT2D eigenvalue weighted by Crippen LogP contribution is -2.33. The minimum Gasteiger partial charge on any atom is -0.506 e. The van der Waals surface area contributed by atoms with Crippen LogP contribution in [0.4, 0.5) is 0 Å². The van der Waals surface area contributed by atoms with Crippen molar-refractivity contribution in [3.63, 3.8) is 0 Å². The van der Waals surface area contributed by atoms with Gasteiger partial charge in [0.25, 0.3) is 0 Å². The number of nitrogens with zero attached hydrogens (tertiary/aromatic N) is 2. The molecule has 166 valence electrons. The van der Waals surface area contributed by atoms with Crippen molar-refractivity contribution in [2.75, 3.05) is 6.54 Å². The van der Waals surface area contributed by atoms with Gasteiger partial charge >= 0.3 is 0 Å². The van der Waals surface area contributed by atoms with Gasteiger partial charge in [-0.3, -0.25) is 4.98 Å². The molecule has 0 aliphatic carbocycles. The second-order valence-corrected chi connectivity index (χ2v) is 8.59. The molecule has 3 N–H and O–H groups in total. The van der Waals surface area contributed by atoms with Crippen molar-refractivity contribution >= 4 is 24.0 Å². The van der Waals surface area contributed by atoms with Gasteiger partial charge in [0.15, 0.2) is 0 Å². The highest BCUT2D eigenvalue weighted by Gasteiger charge is 2.27. The summed E-state index contributed by atoms with van der Waals surface area (Å²) in [6, 6.07) is 19.4. The van der Waals surface area contributed by atoms with Crippen LogP contribution in [-0.2, 0) is 12.0 Å². The summed E-state index contributed by atoms with van der Waals surface area (Å²) in [7, 11) is 0. The van der Waals surface area contributed by atoms with E-state index in [0.717, 1.165) is 41.4 Å². The van der Waals surface area contributed by atoms with E-state index in [1.165, 1.54) is 5.56 Å². The molecule has 2 heterocycles. The van der Waals surface area contributed by atoms with E-state index >= 15 is 0 Å². The molecule has 0 saturated heterocycles. The molecule has 0 saturated carbocycles. The van der Waals surface area contributed by atoms with Crippen molar-refractivity contribution in [1.29, 1.82) is 0 Å². The van der Waals surface area contributed by atoms with Crippen LogP contribution in [0.5, 0.6) is 5.75 Å². The molecule has 2 aromatic heterocycles. The van der Waals surface area contributed by atoms with Gasteiger partial charge in [0.2, 0.25) is 0 Å². The lowest BCUT2D eigenvalue weighted by atomic mass is 9.92. The molecule has 0 spiro atoms. The first kappa shape index (κ1) is 23.8. The van der Waals surface area contributed by atoms with Gasteiger partial charge in [0.05, 0.1) is 16.4 Å². The smallest absolute Gasteiger partial charge is 0.134 e. The van der Waals surface area contributed by atoms with Crippen molar-refractivity contribution in [1.82, 2.24) is 20.3 Å². The number of aromatic hydroxyl groups is 1. The molecule has 0 radical (unpaired) electrons. The Kier molecular flexibility index (Phi) is 7.56. The quantitative estimate of drug-likeness (QED) is 0.311. The average Bonchev–Trinajstić information content (AvgIpc) is 3.23. The predicted octanol–water partition coefficient (Wildman–Crippen LogP) is 5.99. The third-order valence-electron chi connectivity index (χ3n) is 5.27. The number of benzene rings is 2. The lowest BCUT2D eigenvalue weighted by Gasteiger charge is -2.23. The van der Waals surface area contributed by atoms with Crippen LogP contribution in [0.1, 0.15) is 25.2 Å². The van der Waals surface area contributed by atoms with Crippen LogP contribution in [0.15, 0.2) is 73.1 Å². The fourth-order valence-electron chi connectivity index (χ4n) is 3.49. The normalized spacial score (nSPS) is 11.2. The fraction of sp³-hybridized carbons (Fsp3) is 0.200. The van der Waals surface area contributed by atoms with Gasteiger partial charge in [0, 0.05) is 42.0 Å². The van der Waals surface area contributed by atoms with Crippen molar-refractivity contribution in [3.05, 3.63) is 89.5 Å². The van der Waals surface area contributed by atoms with E-state index in [4.69, 9.17) is 16.6 Å². The number of nitrogens with one attached hydrogen (secondary N) is 2. The molecule has 0 aliphatic heterocycles. The summed E-state index contributed by atoms with van der Waals surface area (Å²) in [5.41, 5.74) is 4.42. The number of hydrogen-bond donors (Lipinski definition) is 3. The molecule has 5 nitrogen and oxygen atoms in total. The van der Waals surface area contributed by atoms with Crippen molar-refractivity contribution in [3.8, 4) is 28.3 Å². The molecule has 4 rings (SSSR count). The number of phenols is 1. The molecular formula is C25H26Cl2N4O. The maximum absolute atomic E-state index is 10.1. The predicted molar refractivity (Wildman–Crippen MR) is 132 cm³/mol. The molecule has 32 heavy (non-hydrogen) atoms. The van der Waals surface area contributed by atoms with Crippen LogP contribution < -0.4 is 5.32 Å². The Hall–Kier alpha value is -2.86. The van der Waals surface area contributed by atoms with Crippen molar-refractivity contribution in [2.24, 2.45) is 0 Å². The van der Waals surface area contributed by atoms with Crippen LogP contribution in [-0.4, -0.2) is 26.6 Å². The molecule has 7 heteroatoms. The Morgan fingerprint density at radius 2 is 1.72 bits per heavy atom. The number of aromatic nitrogens is 3. The van der Waals surface area contributed by atoms with Crippen molar-refractivity contribution in [2.45, 2.75) is 25.8 Å². The van der Waals surface area contributed by atoms with E-state index < -0.39 is 0 Å². The topological polar surface area (TPSA) is 73.8 Å². The monoisotopic (exact) mass is 468 g/mol. The molecule has 0 bridgehead atoms. The van der Waals surface area contributed by atoms with Crippen LogP contribution in [0, 0.1) is 0 Å². The maximum atomic E-state index is 10.1. The van der Waals surface area contributed by atoms with Crippen LogP contribution >= 0.6 is 24.0 Å². The number of rotatable bonds is 7. The number of imidazole rings is 1. The Bertz CT molecular complexity index is 1160. The van der Waals surface area contributed by atoms with E-state index in [1.807, 2.05) is 36.4 Å². The SMILES string of the molecule is CC(C)(CNCc1ccccc1)c1nc(-c2ccc(Cl)c(O)c2)c(-c2ccncc2)[nH]1.Cl. The number of aromatic amines is 1. The van der Waals surface area contributed by atoms with E-state index in [1.54, 1.807) is 24.5 Å². The molecule has 0 fully saturated rings. The minimum absolute atomic E-state index is 0. The first-order valence-corrected chi connectivity index (χ1v) is 10.6. The van der Waals surface area contributed by atoms with Crippen LogP contribution in [0.3, 0.4) is 0 Å². The van der Waals surface area contributed by atoms with Gasteiger partial charge in [-0.1, -0.05) is 61.8 Å². The molecule has 2 aromatic carbocycles. The molecule has 0 aliphatic rings. The van der Waals surface area contributed by atoms with E-state index in [9.17, 15) is 5.11 Å². The largest absolute Gasteiger partial charge is 0.506 e. The Morgan fingerprint density at radius 1 is 1.00 bits per heavy atom. The summed E-state index contributed by atoms with van der Waals surface area (Å²) >= 11 is 6.02. The second-order valence-electron chi connectivity index (χ2n) is 8.18. The zero-order chi connectivity index (χ0) is 21.8. The number of halogens is 2. The summed E-state index contributed by atoms with van der Waals surface area (Å²) in [6.45, 7) is 5.85. The van der Waals surface area contributed by atoms with E-state index in [-0.39, 0.29) is 23.6 Å². The minimum atomic E-state index is -0.247. The van der Waals surface area contributed by atoms with Gasteiger partial charge in [-0.15, -0.1) is 12.4 Å². The number of phenolic OH excluding ortho intramolecular Hbond substituents is 1. The third kappa shape index (κ3) is 5.30. The Morgan fingerprint density at radius 3 is 2.41 bits per heavy atom. The van der Waals surface area contributed by atoms with Gasteiger partial charge in [0.1, 0.15) is 11.6 Å². The molecular weight excluding hydrogens is 443 g/mol. The molecule has 0 atom stereocenters. The molecule has 4 aromatic rings. The summed E-state index contributed by atoms with van der Waals surface area (Å²) < 4.78 is 0. The standard InChI is InChI=1S/C25H25ClN4O.ClH/c1-25(2,16-28-15-17-6-4-3-5-7-17)24-29-22(18-10-12-27-13-11-18)23(30-24)19-8-9-20(26)21(31)14-19;/h3-14,28,31H,15-16H2,1-2H3,(H,29,30);1H. The number of pyridine rings is 1. The molecule has 0 unspecified atom stereocenters. The van der Waals surface area contributed by atoms with Crippen molar-refractivity contribution < 1.29 is 5.11 Å². The first-order valence-electron chi connectivity index (χ1n) is 10.2. The van der Waals surface area contributed by atoms with Crippen LogP contribution in [0.25, 0.3) is 22.5 Å².